The van der Waals surface area contributed by atoms with Crippen molar-refractivity contribution in [1.82, 2.24) is 4.98 Å². The zero-order valence-corrected chi connectivity index (χ0v) is 10.4. The number of aromatic nitrogens is 1. The number of ether oxygens (including phenoxy) is 1. The molecule has 5 nitrogen and oxygen atoms in total. The molecule has 19 heavy (non-hydrogen) atoms. The number of carbonyl (C=O) groups is 1. The lowest BCUT2D eigenvalue weighted by Crippen LogP contribution is -2.25. The largest absolute Gasteiger partial charge is 0.465 e. The van der Waals surface area contributed by atoms with Crippen LogP contribution in [0.3, 0.4) is 0 Å². The average Bonchev–Trinajstić information content (AvgIpc) is 2.28. The first-order valence-electron chi connectivity index (χ1n) is 5.40. The summed E-state index contributed by atoms with van der Waals surface area (Å²) in [5, 5.41) is 2.57. The van der Waals surface area contributed by atoms with E-state index < -0.39 is 24.6 Å². The monoisotopic (exact) mass is 277 g/mol. The van der Waals surface area contributed by atoms with Gasteiger partial charge in [0.25, 0.3) is 0 Å². The molecule has 0 aliphatic rings. The first-order valence-corrected chi connectivity index (χ1v) is 5.40. The summed E-state index contributed by atoms with van der Waals surface area (Å²) in [7, 11) is 1.17. The van der Waals surface area contributed by atoms with Crippen molar-refractivity contribution < 1.29 is 22.7 Å². The van der Waals surface area contributed by atoms with Gasteiger partial charge >= 0.3 is 12.1 Å². The highest BCUT2D eigenvalue weighted by Gasteiger charge is 2.30. The van der Waals surface area contributed by atoms with Crippen molar-refractivity contribution in [1.29, 1.82) is 0 Å². The molecule has 1 aromatic rings. The molecule has 1 unspecified atom stereocenters. The summed E-state index contributed by atoms with van der Waals surface area (Å²) < 4.78 is 41.2. The van der Waals surface area contributed by atoms with Crippen LogP contribution in [0.25, 0.3) is 0 Å². The molecule has 0 fully saturated rings. The van der Waals surface area contributed by atoms with E-state index in [1.807, 2.05) is 0 Å². The molecule has 0 radical (unpaired) electrons. The molecule has 1 atom stereocenters. The van der Waals surface area contributed by atoms with Gasteiger partial charge < -0.3 is 15.8 Å². The average molecular weight is 277 g/mol. The Labute approximate surface area is 108 Å². The third kappa shape index (κ3) is 4.65. The van der Waals surface area contributed by atoms with Gasteiger partial charge in [-0.3, -0.25) is 0 Å². The molecular weight excluding hydrogens is 263 g/mol. The Bertz CT molecular complexity index is 463. The number of carbonyl (C=O) groups excluding carboxylic acids is 1. The van der Waals surface area contributed by atoms with Gasteiger partial charge in [0.1, 0.15) is 5.82 Å². The highest BCUT2D eigenvalue weighted by atomic mass is 19.4. The number of nitrogens with zero attached hydrogens (tertiary/aromatic N) is 1. The van der Waals surface area contributed by atoms with Gasteiger partial charge in [0.2, 0.25) is 0 Å². The van der Waals surface area contributed by atoms with Gasteiger partial charge in [-0.05, 0) is 13.0 Å². The minimum Gasteiger partial charge on any atom is -0.465 e. The van der Waals surface area contributed by atoms with Crippen molar-refractivity contribution >= 4 is 17.5 Å². The molecule has 1 aromatic heterocycles. The molecule has 1 rings (SSSR count). The van der Waals surface area contributed by atoms with Crippen LogP contribution in [0.15, 0.2) is 12.3 Å². The molecule has 3 N–H and O–H groups in total. The minimum atomic E-state index is -4.29. The van der Waals surface area contributed by atoms with Crippen LogP contribution in [0.2, 0.25) is 0 Å². The van der Waals surface area contributed by atoms with Crippen LogP contribution >= 0.6 is 0 Å². The standard InChI is InChI=1S/C11H14F3N3O2/c1-6(4-11(12,13)14)17-8-5-16-9(15)3-7(8)10(18)19-2/h3,5-6,17H,4H2,1-2H3,(H2,15,16). The van der Waals surface area contributed by atoms with E-state index in [1.54, 1.807) is 0 Å². The lowest BCUT2D eigenvalue weighted by atomic mass is 10.1. The molecule has 0 aliphatic heterocycles. The van der Waals surface area contributed by atoms with Crippen LogP contribution in [0.4, 0.5) is 24.7 Å². The van der Waals surface area contributed by atoms with Crippen LogP contribution in [0, 0.1) is 0 Å². The number of anilines is 2. The van der Waals surface area contributed by atoms with Crippen molar-refractivity contribution in [2.45, 2.75) is 25.6 Å². The first-order chi connectivity index (χ1) is 8.73. The van der Waals surface area contributed by atoms with E-state index in [0.717, 1.165) is 0 Å². The lowest BCUT2D eigenvalue weighted by molar-refractivity contribution is -0.136. The number of hydrogen-bond donors (Lipinski definition) is 2. The molecule has 0 aliphatic carbocycles. The molecule has 0 saturated carbocycles. The third-order valence-electron chi connectivity index (χ3n) is 2.27. The summed E-state index contributed by atoms with van der Waals surface area (Å²) in [5.74, 6) is -0.620. The number of pyridine rings is 1. The molecule has 0 bridgehead atoms. The fraction of sp³-hybridized carbons (Fsp3) is 0.455. The fourth-order valence-corrected chi connectivity index (χ4v) is 1.53. The summed E-state index contributed by atoms with van der Waals surface area (Å²) in [6.45, 7) is 1.35. The predicted octanol–water partition coefficient (Wildman–Crippen LogP) is 2.20. The normalized spacial score (nSPS) is 12.9. The number of hydrogen-bond acceptors (Lipinski definition) is 5. The summed E-state index contributed by atoms with van der Waals surface area (Å²) in [5.41, 5.74) is 5.62. The molecular formula is C11H14F3N3O2. The van der Waals surface area contributed by atoms with E-state index in [0.29, 0.717) is 0 Å². The van der Waals surface area contributed by atoms with E-state index in [9.17, 15) is 18.0 Å². The highest BCUT2D eigenvalue weighted by Crippen LogP contribution is 2.25. The summed E-state index contributed by atoms with van der Waals surface area (Å²) >= 11 is 0. The summed E-state index contributed by atoms with van der Waals surface area (Å²) in [6, 6.07) is 0.336. The van der Waals surface area contributed by atoms with Gasteiger partial charge in [-0.25, -0.2) is 9.78 Å². The summed E-state index contributed by atoms with van der Waals surface area (Å²) in [6.07, 6.45) is -4.12. The topological polar surface area (TPSA) is 77.2 Å². The molecule has 8 heteroatoms. The number of rotatable bonds is 4. The molecule has 0 amide bonds. The van der Waals surface area contributed by atoms with Gasteiger partial charge in [-0.1, -0.05) is 0 Å². The number of esters is 1. The van der Waals surface area contributed by atoms with Crippen molar-refractivity contribution in [2.75, 3.05) is 18.2 Å². The van der Waals surface area contributed by atoms with Crippen LogP contribution in [-0.2, 0) is 4.74 Å². The Balaban J connectivity index is 2.91. The van der Waals surface area contributed by atoms with Crippen molar-refractivity contribution in [2.24, 2.45) is 0 Å². The second-order valence-electron chi connectivity index (χ2n) is 4.01. The molecule has 0 aromatic carbocycles. The van der Waals surface area contributed by atoms with Gasteiger partial charge in [0, 0.05) is 6.04 Å². The second-order valence-corrected chi connectivity index (χ2v) is 4.01. The minimum absolute atomic E-state index is 0.0454. The zero-order valence-electron chi connectivity index (χ0n) is 10.4. The van der Waals surface area contributed by atoms with E-state index >= 15 is 0 Å². The van der Waals surface area contributed by atoms with Crippen LogP contribution in [0.1, 0.15) is 23.7 Å². The maximum atomic E-state index is 12.2. The van der Waals surface area contributed by atoms with Gasteiger partial charge in [0.05, 0.1) is 31.0 Å². The molecule has 106 valence electrons. The lowest BCUT2D eigenvalue weighted by Gasteiger charge is -2.18. The highest BCUT2D eigenvalue weighted by molar-refractivity contribution is 5.96. The smallest absolute Gasteiger partial charge is 0.391 e. The maximum Gasteiger partial charge on any atom is 0.391 e. The van der Waals surface area contributed by atoms with E-state index in [4.69, 9.17) is 5.73 Å². The Morgan fingerprint density at radius 1 is 1.58 bits per heavy atom. The Morgan fingerprint density at radius 3 is 2.74 bits per heavy atom. The Kier molecular flexibility index (Phi) is 4.57. The number of nitrogen functional groups attached to an aromatic ring is 1. The van der Waals surface area contributed by atoms with Gasteiger partial charge in [-0.2, -0.15) is 13.2 Å². The number of halogens is 3. The maximum absolute atomic E-state index is 12.2. The summed E-state index contributed by atoms with van der Waals surface area (Å²) in [4.78, 5) is 15.2. The van der Waals surface area contributed by atoms with Crippen LogP contribution in [-0.4, -0.2) is 30.3 Å². The zero-order chi connectivity index (χ0) is 14.6. The second kappa shape index (κ2) is 5.77. The van der Waals surface area contributed by atoms with Crippen LogP contribution in [0.5, 0.6) is 0 Å². The number of nitrogens with two attached hydrogens (primary N) is 1. The van der Waals surface area contributed by atoms with Crippen LogP contribution < -0.4 is 11.1 Å². The van der Waals surface area contributed by atoms with Crippen molar-refractivity contribution in [3.63, 3.8) is 0 Å². The van der Waals surface area contributed by atoms with Gasteiger partial charge in [0.15, 0.2) is 0 Å². The number of alkyl halides is 3. The first kappa shape index (κ1) is 15.1. The number of nitrogens with one attached hydrogen (secondary N) is 1. The molecule has 0 saturated heterocycles. The number of methoxy groups -OCH3 is 1. The van der Waals surface area contributed by atoms with E-state index in [2.05, 4.69) is 15.0 Å². The molecule has 0 spiro atoms. The SMILES string of the molecule is COC(=O)c1cc(N)ncc1NC(C)CC(F)(F)F. The Morgan fingerprint density at radius 2 is 2.21 bits per heavy atom. The van der Waals surface area contributed by atoms with E-state index in [1.165, 1.54) is 26.3 Å². The van der Waals surface area contributed by atoms with Gasteiger partial charge in [-0.15, -0.1) is 0 Å². The molecule has 1 heterocycles. The quantitative estimate of drug-likeness (QED) is 0.825. The fourth-order valence-electron chi connectivity index (χ4n) is 1.53. The predicted molar refractivity (Wildman–Crippen MR) is 63.7 cm³/mol. The Hall–Kier alpha value is -1.99. The van der Waals surface area contributed by atoms with Crippen molar-refractivity contribution in [3.8, 4) is 0 Å². The van der Waals surface area contributed by atoms with E-state index in [-0.39, 0.29) is 17.1 Å². The van der Waals surface area contributed by atoms with Crippen molar-refractivity contribution in [3.05, 3.63) is 17.8 Å². The third-order valence-corrected chi connectivity index (χ3v) is 2.27.